The van der Waals surface area contributed by atoms with Gasteiger partial charge < -0.3 is 34.9 Å². The van der Waals surface area contributed by atoms with Gasteiger partial charge in [-0.3, -0.25) is 24.1 Å². The topological polar surface area (TPSA) is 148 Å². The van der Waals surface area contributed by atoms with Crippen molar-refractivity contribution in [3.8, 4) is 11.5 Å². The molecule has 4 atom stereocenters. The van der Waals surface area contributed by atoms with Crippen molar-refractivity contribution in [3.63, 3.8) is 0 Å². The van der Waals surface area contributed by atoms with Crippen molar-refractivity contribution in [1.29, 1.82) is 0 Å². The van der Waals surface area contributed by atoms with Crippen LogP contribution in [0.4, 0.5) is 0 Å². The standard InChI is InChI=1S/C30H42N4O8/c1-19(31-26(35)16-34-9-11-39-12-10-34)28(37)33-23(14-21-7-8-24-25(15-21)41-18-40-24)29(38)32-22(13-20-5-3-4-6-20)27(36)30(2)17-42-30/h7-8,15,19-20,22-23H,3-6,9-14,16-18H2,1-2H3,(H,31,35)(H,32,38)(H,33,37). The van der Waals surface area contributed by atoms with Gasteiger partial charge in [-0.25, -0.2) is 0 Å². The van der Waals surface area contributed by atoms with Crippen molar-refractivity contribution in [2.75, 3.05) is 46.2 Å². The number of carbonyl (C=O) groups excluding carboxylic acids is 4. The summed E-state index contributed by atoms with van der Waals surface area (Å²) in [5.41, 5.74) is -0.133. The zero-order valence-electron chi connectivity index (χ0n) is 24.4. The molecule has 1 saturated carbocycles. The van der Waals surface area contributed by atoms with Gasteiger partial charge in [0.15, 0.2) is 17.3 Å². The van der Waals surface area contributed by atoms with Gasteiger partial charge in [0.05, 0.1) is 32.4 Å². The van der Waals surface area contributed by atoms with Gasteiger partial charge in [-0.05, 0) is 43.9 Å². The highest BCUT2D eigenvalue weighted by Gasteiger charge is 2.50. The molecule has 3 N–H and O–H groups in total. The van der Waals surface area contributed by atoms with Crippen molar-refractivity contribution in [2.24, 2.45) is 5.92 Å². The second-order valence-corrected chi connectivity index (χ2v) is 12.0. The molecule has 1 aromatic rings. The predicted molar refractivity (Wildman–Crippen MR) is 151 cm³/mol. The Balaban J connectivity index is 1.27. The minimum Gasteiger partial charge on any atom is -0.454 e. The van der Waals surface area contributed by atoms with Gasteiger partial charge in [-0.2, -0.15) is 0 Å². The highest BCUT2D eigenvalue weighted by molar-refractivity contribution is 5.98. The Bertz CT molecular complexity index is 1160. The van der Waals surface area contributed by atoms with E-state index in [-0.39, 0.29) is 31.4 Å². The van der Waals surface area contributed by atoms with Crippen molar-refractivity contribution in [3.05, 3.63) is 23.8 Å². The Hall–Kier alpha value is -3.22. The van der Waals surface area contributed by atoms with Gasteiger partial charge >= 0.3 is 0 Å². The first-order valence-electron chi connectivity index (χ1n) is 15.0. The SMILES string of the molecule is CC(NC(=O)CN1CCOCC1)C(=O)NC(Cc1ccc2c(c1)OCO2)C(=O)NC(CC1CCCC1)C(=O)C1(C)CO1. The van der Waals surface area contributed by atoms with Crippen LogP contribution in [0.2, 0.25) is 0 Å². The summed E-state index contributed by atoms with van der Waals surface area (Å²) in [6, 6.07) is 2.77. The lowest BCUT2D eigenvalue weighted by Gasteiger charge is -2.27. The Labute approximate surface area is 246 Å². The molecule has 0 bridgehead atoms. The quantitative estimate of drug-likeness (QED) is 0.284. The highest BCUT2D eigenvalue weighted by atomic mass is 16.7. The normalized spacial score (nSPS) is 24.0. The average molecular weight is 587 g/mol. The maximum Gasteiger partial charge on any atom is 0.243 e. The molecule has 0 spiro atoms. The van der Waals surface area contributed by atoms with Gasteiger partial charge in [0.2, 0.25) is 24.5 Å². The van der Waals surface area contributed by atoms with E-state index in [0.717, 1.165) is 31.2 Å². The molecule has 3 aliphatic heterocycles. The molecule has 12 heteroatoms. The molecule has 2 saturated heterocycles. The largest absolute Gasteiger partial charge is 0.454 e. The summed E-state index contributed by atoms with van der Waals surface area (Å²) in [7, 11) is 0. The zero-order valence-corrected chi connectivity index (χ0v) is 24.4. The number of ether oxygens (including phenoxy) is 4. The van der Waals surface area contributed by atoms with Crippen LogP contribution in [0.1, 0.15) is 51.5 Å². The van der Waals surface area contributed by atoms with E-state index in [0.29, 0.717) is 56.7 Å². The van der Waals surface area contributed by atoms with Gasteiger partial charge in [0.1, 0.15) is 17.7 Å². The number of amides is 3. The molecule has 42 heavy (non-hydrogen) atoms. The van der Waals surface area contributed by atoms with E-state index in [1.807, 2.05) is 11.0 Å². The Kier molecular flexibility index (Phi) is 9.64. The predicted octanol–water partition coefficient (Wildman–Crippen LogP) is 0.703. The molecule has 4 unspecified atom stereocenters. The molecular formula is C30H42N4O8. The molecule has 230 valence electrons. The number of nitrogens with zero attached hydrogens (tertiary/aromatic N) is 1. The van der Waals surface area contributed by atoms with E-state index in [9.17, 15) is 19.2 Å². The molecule has 12 nitrogen and oxygen atoms in total. The number of carbonyl (C=O) groups is 4. The van der Waals surface area contributed by atoms with Crippen molar-refractivity contribution in [2.45, 2.75) is 76.1 Å². The summed E-state index contributed by atoms with van der Waals surface area (Å²) in [5, 5.41) is 8.51. The third-order valence-corrected chi connectivity index (χ3v) is 8.53. The van der Waals surface area contributed by atoms with Crippen LogP contribution in [0.5, 0.6) is 11.5 Å². The number of rotatable bonds is 13. The van der Waals surface area contributed by atoms with Gasteiger partial charge in [-0.1, -0.05) is 31.7 Å². The number of benzene rings is 1. The van der Waals surface area contributed by atoms with E-state index in [4.69, 9.17) is 18.9 Å². The molecule has 3 heterocycles. The lowest BCUT2D eigenvalue weighted by Crippen LogP contribution is -2.57. The highest BCUT2D eigenvalue weighted by Crippen LogP contribution is 2.34. The summed E-state index contributed by atoms with van der Waals surface area (Å²) < 4.78 is 21.6. The molecule has 4 aliphatic rings. The summed E-state index contributed by atoms with van der Waals surface area (Å²) in [6.07, 6.45) is 4.98. The maximum absolute atomic E-state index is 13.8. The summed E-state index contributed by atoms with van der Waals surface area (Å²) in [5.74, 6) is 0.145. The third kappa shape index (κ3) is 7.78. The smallest absolute Gasteiger partial charge is 0.243 e. The first-order valence-corrected chi connectivity index (χ1v) is 15.0. The molecule has 1 aliphatic carbocycles. The number of hydrogen-bond donors (Lipinski definition) is 3. The number of morpholine rings is 1. The van der Waals surface area contributed by atoms with Crippen molar-refractivity contribution < 1.29 is 38.1 Å². The first kappa shape index (κ1) is 30.2. The average Bonchev–Trinajstić information content (AvgIpc) is 3.32. The molecule has 0 radical (unpaired) electrons. The molecule has 5 rings (SSSR count). The van der Waals surface area contributed by atoms with E-state index in [1.165, 1.54) is 0 Å². The zero-order chi connectivity index (χ0) is 29.7. The van der Waals surface area contributed by atoms with Crippen LogP contribution in [0, 0.1) is 5.92 Å². The minimum absolute atomic E-state index is 0.118. The van der Waals surface area contributed by atoms with E-state index in [2.05, 4.69) is 16.0 Å². The van der Waals surface area contributed by atoms with Crippen molar-refractivity contribution >= 4 is 23.5 Å². The van der Waals surface area contributed by atoms with Crippen LogP contribution >= 0.6 is 0 Å². The number of fused-ring (bicyclic) bond motifs is 1. The summed E-state index contributed by atoms with van der Waals surface area (Å²) in [6.45, 7) is 6.37. The molecule has 3 fully saturated rings. The lowest BCUT2D eigenvalue weighted by molar-refractivity contribution is -0.134. The van der Waals surface area contributed by atoms with E-state index in [1.54, 1.807) is 26.0 Å². The number of nitrogens with one attached hydrogen (secondary N) is 3. The van der Waals surface area contributed by atoms with Crippen molar-refractivity contribution in [1.82, 2.24) is 20.9 Å². The van der Waals surface area contributed by atoms with Crippen LogP contribution in [-0.4, -0.2) is 98.4 Å². The monoisotopic (exact) mass is 586 g/mol. The number of Topliss-reactive ketones (excluding diaryl/α,β-unsaturated/α-hetero) is 1. The van der Waals surface area contributed by atoms with Gasteiger partial charge in [0, 0.05) is 19.5 Å². The van der Waals surface area contributed by atoms with Gasteiger partial charge in [-0.15, -0.1) is 0 Å². The van der Waals surface area contributed by atoms with E-state index >= 15 is 0 Å². The van der Waals surface area contributed by atoms with Gasteiger partial charge in [0.25, 0.3) is 0 Å². The third-order valence-electron chi connectivity index (χ3n) is 8.53. The van der Waals surface area contributed by atoms with Crippen LogP contribution in [0.25, 0.3) is 0 Å². The van der Waals surface area contributed by atoms with Crippen LogP contribution in [-0.2, 0) is 35.1 Å². The minimum atomic E-state index is -0.997. The fraction of sp³-hybridized carbons (Fsp3) is 0.667. The van der Waals surface area contributed by atoms with Crippen LogP contribution in [0.15, 0.2) is 18.2 Å². The molecule has 3 amide bonds. The second kappa shape index (κ2) is 13.4. The number of epoxide rings is 1. The Morgan fingerprint density at radius 3 is 2.38 bits per heavy atom. The summed E-state index contributed by atoms with van der Waals surface area (Å²) in [4.78, 5) is 55.0. The maximum atomic E-state index is 13.8. The van der Waals surface area contributed by atoms with E-state index < -0.39 is 35.5 Å². The molecule has 1 aromatic carbocycles. The van der Waals surface area contributed by atoms with Crippen LogP contribution in [0.3, 0.4) is 0 Å². The number of ketones is 1. The fourth-order valence-electron chi connectivity index (χ4n) is 5.83. The molecule has 0 aromatic heterocycles. The fourth-order valence-corrected chi connectivity index (χ4v) is 5.83. The Morgan fingerprint density at radius 1 is 0.976 bits per heavy atom. The first-order chi connectivity index (χ1) is 20.2. The number of hydrogen-bond acceptors (Lipinski definition) is 9. The second-order valence-electron chi connectivity index (χ2n) is 12.0. The van der Waals surface area contributed by atoms with Crippen LogP contribution < -0.4 is 25.4 Å². The summed E-state index contributed by atoms with van der Waals surface area (Å²) >= 11 is 0. The molecular weight excluding hydrogens is 544 g/mol. The Morgan fingerprint density at radius 2 is 1.67 bits per heavy atom. The lowest BCUT2D eigenvalue weighted by atomic mass is 9.90.